The van der Waals surface area contributed by atoms with Gasteiger partial charge >= 0.3 is 12.1 Å². The number of rotatable bonds is 21. The van der Waals surface area contributed by atoms with Crippen LogP contribution in [-0.2, 0) is 91.8 Å². The van der Waals surface area contributed by atoms with Crippen molar-refractivity contribution in [2.45, 2.75) is 150 Å². The normalized spacial score (nSPS) is 14.7. The Morgan fingerprint density at radius 1 is 0.483 bits per heavy atom. The van der Waals surface area contributed by atoms with E-state index in [0.717, 1.165) is 134 Å². The molecule has 5 amide bonds. The van der Waals surface area contributed by atoms with Crippen LogP contribution in [0.25, 0.3) is 66.3 Å². The highest BCUT2D eigenvalue weighted by Gasteiger charge is 2.36. The van der Waals surface area contributed by atoms with E-state index in [4.69, 9.17) is 63.7 Å². The standard InChI is InChI=1S/C30H28ClFN2O3.C29H27ClFN3O3.C18H16O3.C12H14ClFN2O.C2HF3O.2CH4/c1-2-19-6-3-7-21(14-19)24-16-20(15-22-11-13-37-29(22)24)17-27(35)34-12-5-10-26(34)30(36)33-18-23-8-4-9-25(31)28(23)32;30-24-7-2-6-22(27(24)31)17-33-29(36)25-8-3-10-34(25)26(35)15-19-13-21-9-11-37-28(21)23(14-19)20-5-1-4-18(12-20)16-32;1-2-12-4-3-5-14(8-12)16-10-13(11-17(19)20)9-15-6-7-21-18(15)16;13-9-4-1-3-8(11(9)14)7-16-12(17)10-5-2-6-15-10;3-2(4,5)1-6;;/h3-4,6-9,11,13-16,26H,2,5,10,12,17-18H2,1H3,(H,33,36);1-2,4-7,9,11-14,25H,3,8,10,15-17,32H2,(H,33,36);3-10H,2,11H2,1H3,(H,19,20);1,3-4,10,15H,2,5-7H2,(H,16,17);1H;2*1H4/t26-;25-;;10-;;;/m00.0.../s1. The Hall–Kier alpha value is -11.5. The van der Waals surface area contributed by atoms with Crippen LogP contribution in [0.1, 0.15) is 117 Å². The minimum Gasteiger partial charge on any atom is -0.481 e. The molecule has 0 bridgehead atoms. The van der Waals surface area contributed by atoms with Crippen LogP contribution in [0.3, 0.4) is 0 Å². The van der Waals surface area contributed by atoms with Gasteiger partial charge in [-0.1, -0.05) is 167 Å². The number of nitrogens with one attached hydrogen (secondary N) is 4. The molecule has 18 nitrogen and oxygen atoms in total. The molecule has 3 aromatic heterocycles. The molecule has 3 aliphatic heterocycles. The fourth-order valence-corrected chi connectivity index (χ4v) is 15.0. The van der Waals surface area contributed by atoms with E-state index in [1.807, 2.05) is 103 Å². The van der Waals surface area contributed by atoms with Crippen molar-refractivity contribution >= 4 is 110 Å². The lowest BCUT2D eigenvalue weighted by atomic mass is 9.97. The Morgan fingerprint density at radius 3 is 1.18 bits per heavy atom. The number of alkyl halides is 3. The molecule has 27 heteroatoms. The highest BCUT2D eigenvalue weighted by atomic mass is 35.5. The number of hydrogen-bond acceptors (Lipinski definition) is 12. The summed E-state index contributed by atoms with van der Waals surface area (Å²) in [5, 5.41) is 23.2. The van der Waals surface area contributed by atoms with Gasteiger partial charge in [0.1, 0.15) is 46.3 Å². The SMILES string of the molecule is C.C.CCc1cccc(-c2cc(CC(=O)N3CCC[C@H]3C(=O)NCc3cccc(Cl)c3F)cc3ccoc23)c1.CCc1cccc(-c2cc(CC(=O)O)cc3ccoc23)c1.NCc1cccc(-c2cc(CC(=O)N3CCC[C@H]3C(=O)NCc3cccc(Cl)c3F)cc3ccoc23)c1.O=C(NCc1cccc(Cl)c1F)[C@@H]1CCCN1.O=CC(F)(F)F. The Balaban J connectivity index is 0.000000184. The Bertz CT molecular complexity index is 5370. The zero-order valence-corrected chi connectivity index (χ0v) is 66.8. The van der Waals surface area contributed by atoms with Crippen LogP contribution < -0.4 is 27.0 Å². The van der Waals surface area contributed by atoms with Crippen molar-refractivity contribution in [3.8, 4) is 33.4 Å². The Morgan fingerprint density at radius 2 is 0.833 bits per heavy atom. The van der Waals surface area contributed by atoms with E-state index in [9.17, 15) is 55.1 Å². The average Bonchev–Trinajstić information content (AvgIpc) is 1.57. The maximum Gasteiger partial charge on any atom is 0.446 e. The number of nitrogens with two attached hydrogens (primary N) is 1. The third-order valence-electron chi connectivity index (χ3n) is 20.4. The molecule has 3 atom stereocenters. The molecule has 15 rings (SSSR count). The van der Waals surface area contributed by atoms with Gasteiger partial charge in [0.2, 0.25) is 35.8 Å². The number of amides is 5. The molecule has 630 valence electrons. The Kier molecular flexibility index (Phi) is 33.4. The number of nitrogens with zero attached hydrogens (tertiary/aromatic N) is 2. The van der Waals surface area contributed by atoms with E-state index in [0.29, 0.717) is 49.2 Å². The number of aliphatic carboxylic acids is 1. The second kappa shape index (κ2) is 43.4. The van der Waals surface area contributed by atoms with Crippen molar-refractivity contribution in [2.75, 3.05) is 19.6 Å². The van der Waals surface area contributed by atoms with Gasteiger partial charge in [-0.05, 0) is 187 Å². The lowest BCUT2D eigenvalue weighted by Gasteiger charge is -2.24. The van der Waals surface area contributed by atoms with Crippen molar-refractivity contribution in [2.24, 2.45) is 5.73 Å². The Labute approximate surface area is 706 Å². The first-order chi connectivity index (χ1) is 56.8. The first-order valence-electron chi connectivity index (χ1n) is 38.5. The molecule has 12 aromatic rings. The number of carboxylic acids is 1. The van der Waals surface area contributed by atoms with Crippen LogP contribution in [0.5, 0.6) is 0 Å². The number of carbonyl (C=O) groups excluding carboxylic acids is 6. The molecule has 3 aliphatic rings. The lowest BCUT2D eigenvalue weighted by molar-refractivity contribution is -0.156. The molecular formula is C93H94Cl3F6N7O11. The average molecular weight is 1710 g/mol. The van der Waals surface area contributed by atoms with E-state index < -0.39 is 48.0 Å². The number of carbonyl (C=O) groups is 7. The number of fused-ring (bicyclic) bond motifs is 3. The fourth-order valence-electron chi connectivity index (χ4n) is 14.4. The third-order valence-corrected chi connectivity index (χ3v) is 21.3. The van der Waals surface area contributed by atoms with Gasteiger partial charge in [0.25, 0.3) is 0 Å². The number of aldehydes is 1. The quantitative estimate of drug-likeness (QED) is 0.0289. The molecule has 0 radical (unpaired) electrons. The van der Waals surface area contributed by atoms with Gasteiger partial charge < -0.3 is 55.2 Å². The molecule has 120 heavy (non-hydrogen) atoms. The smallest absolute Gasteiger partial charge is 0.446 e. The molecular weight excluding hydrogens is 1610 g/mol. The van der Waals surface area contributed by atoms with Crippen molar-refractivity contribution in [3.63, 3.8) is 0 Å². The monoisotopic (exact) mass is 1700 g/mol. The summed E-state index contributed by atoms with van der Waals surface area (Å²) >= 11 is 17.3. The molecule has 3 saturated heterocycles. The van der Waals surface area contributed by atoms with Crippen LogP contribution in [0.4, 0.5) is 26.3 Å². The van der Waals surface area contributed by atoms with Gasteiger partial charge in [-0.25, -0.2) is 13.2 Å². The molecule has 0 saturated carbocycles. The zero-order chi connectivity index (χ0) is 84.2. The topological polar surface area (TPSA) is 260 Å². The second-order valence-corrected chi connectivity index (χ2v) is 29.7. The number of benzene rings is 9. The number of furan rings is 3. The lowest BCUT2D eigenvalue weighted by Crippen LogP contribution is -2.46. The highest BCUT2D eigenvalue weighted by molar-refractivity contribution is 6.31. The summed E-state index contributed by atoms with van der Waals surface area (Å²) in [7, 11) is 0. The van der Waals surface area contributed by atoms with Crippen LogP contribution >= 0.6 is 34.8 Å². The minimum absolute atomic E-state index is 0. The minimum atomic E-state index is -4.64. The summed E-state index contributed by atoms with van der Waals surface area (Å²) in [5.74, 6) is -3.28. The van der Waals surface area contributed by atoms with Gasteiger partial charge in [0.15, 0.2) is 0 Å². The largest absolute Gasteiger partial charge is 0.481 e. The van der Waals surface area contributed by atoms with Crippen molar-refractivity contribution in [1.82, 2.24) is 31.1 Å². The predicted molar refractivity (Wildman–Crippen MR) is 456 cm³/mol. The van der Waals surface area contributed by atoms with E-state index >= 15 is 0 Å². The molecule has 6 heterocycles. The van der Waals surface area contributed by atoms with Crippen LogP contribution in [-0.4, -0.2) is 101 Å². The highest BCUT2D eigenvalue weighted by Crippen LogP contribution is 2.37. The van der Waals surface area contributed by atoms with E-state index in [-0.39, 0.29) is 104 Å². The van der Waals surface area contributed by atoms with Gasteiger partial charge in [0.05, 0.1) is 59.2 Å². The number of carboxylic acid groups (broad SMARTS) is 1. The second-order valence-electron chi connectivity index (χ2n) is 28.5. The number of aryl methyl sites for hydroxylation is 2. The molecule has 3 fully saturated rings. The number of hydrogen-bond donors (Lipinski definition) is 6. The van der Waals surface area contributed by atoms with Crippen LogP contribution in [0.15, 0.2) is 214 Å². The molecule has 0 spiro atoms. The summed E-state index contributed by atoms with van der Waals surface area (Å²) in [4.78, 5) is 87.2. The van der Waals surface area contributed by atoms with Crippen LogP contribution in [0.2, 0.25) is 15.1 Å². The van der Waals surface area contributed by atoms with Crippen molar-refractivity contribution in [3.05, 3.63) is 283 Å². The fraction of sp³-hybridized carbons (Fsp3) is 0.280. The predicted octanol–water partition coefficient (Wildman–Crippen LogP) is 19.7. The van der Waals surface area contributed by atoms with Gasteiger partial charge in [-0.2, -0.15) is 13.2 Å². The summed E-state index contributed by atoms with van der Waals surface area (Å²) in [5.41, 5.74) is 21.0. The summed E-state index contributed by atoms with van der Waals surface area (Å²) < 4.78 is 90.3. The van der Waals surface area contributed by atoms with Crippen molar-refractivity contribution < 1.29 is 78.3 Å². The van der Waals surface area contributed by atoms with Gasteiger partial charge in [0, 0.05) is 88.8 Å². The van der Waals surface area contributed by atoms with Gasteiger partial charge in [-0.15, -0.1) is 0 Å². The summed E-state index contributed by atoms with van der Waals surface area (Å²) in [6.45, 7) is 6.73. The van der Waals surface area contributed by atoms with E-state index in [2.05, 4.69) is 59.4 Å². The molecule has 9 aromatic carbocycles. The maximum absolute atomic E-state index is 14.2. The van der Waals surface area contributed by atoms with Crippen molar-refractivity contribution in [1.29, 1.82) is 0 Å². The first kappa shape index (κ1) is 92.3. The molecule has 0 unspecified atom stereocenters. The van der Waals surface area contributed by atoms with E-state index in [1.165, 1.54) is 29.3 Å². The van der Waals surface area contributed by atoms with E-state index in [1.54, 1.807) is 65.0 Å². The first-order valence-corrected chi connectivity index (χ1v) is 39.6. The number of likely N-dealkylation sites (tertiary alicyclic amines) is 2. The molecule has 7 N–H and O–H groups in total. The maximum atomic E-state index is 14.2. The summed E-state index contributed by atoms with van der Waals surface area (Å²) in [6, 6.07) is 54.6. The summed E-state index contributed by atoms with van der Waals surface area (Å²) in [6.07, 6.45) is 5.91. The van der Waals surface area contributed by atoms with Gasteiger partial charge in [-0.3, -0.25) is 33.6 Å². The molecule has 0 aliphatic carbocycles. The van der Waals surface area contributed by atoms with Crippen LogP contribution in [0, 0.1) is 17.5 Å². The third kappa shape index (κ3) is 24.1. The zero-order valence-electron chi connectivity index (χ0n) is 64.5. The number of halogens is 9.